The van der Waals surface area contributed by atoms with E-state index in [0.717, 1.165) is 4.90 Å². The number of hydrogen-bond acceptors (Lipinski definition) is 4. The Morgan fingerprint density at radius 3 is 2.26 bits per heavy atom. The molecular formula is C24H15BrCl3N3O3. The van der Waals surface area contributed by atoms with Crippen LogP contribution in [0.15, 0.2) is 71.2 Å². The summed E-state index contributed by atoms with van der Waals surface area (Å²) in [5.74, 6) is -2.31. The summed E-state index contributed by atoms with van der Waals surface area (Å²) in [7, 11) is 0. The summed E-state index contributed by atoms with van der Waals surface area (Å²) in [6.45, 7) is 0. The molecule has 5 rings (SSSR count). The lowest BCUT2D eigenvalue weighted by molar-refractivity contribution is -0.123. The summed E-state index contributed by atoms with van der Waals surface area (Å²) in [5.41, 5.74) is 4.41. The van der Waals surface area contributed by atoms with Gasteiger partial charge in [-0.25, -0.2) is 10.3 Å². The van der Waals surface area contributed by atoms with E-state index < -0.39 is 35.7 Å². The smallest absolute Gasteiger partial charge is 0.268 e. The molecule has 0 radical (unpaired) electrons. The third-order valence-electron chi connectivity index (χ3n) is 5.90. The first-order valence-electron chi connectivity index (χ1n) is 10.2. The lowest BCUT2D eigenvalue weighted by Crippen LogP contribution is -2.48. The average molecular weight is 580 g/mol. The SMILES string of the molecule is O=C1[C@@H]2[C@@H](c3ccc(Cl)cc3)NN(C(=O)c3cccc(Br)c3)[C@@H]2C(=O)N1c1ccc(Cl)cc1Cl. The number of carbonyl (C=O) groups is 3. The molecule has 3 aromatic carbocycles. The predicted octanol–water partition coefficient (Wildman–Crippen LogP) is 5.67. The van der Waals surface area contributed by atoms with Gasteiger partial charge >= 0.3 is 0 Å². The molecule has 0 aromatic heterocycles. The molecule has 0 aliphatic carbocycles. The van der Waals surface area contributed by atoms with Gasteiger partial charge in [0.1, 0.15) is 6.04 Å². The standard InChI is InChI=1S/C24H15BrCl3N3O3/c25-14-3-1-2-13(10-14)22(32)31-21-19(20(29-31)12-4-6-15(26)7-5-12)23(33)30(24(21)34)18-9-8-16(27)11-17(18)28/h1-11,19-21,29H/t19-,20-,21+/m1/s1. The maximum atomic E-state index is 13.6. The predicted molar refractivity (Wildman–Crippen MR) is 134 cm³/mol. The number of fused-ring (bicyclic) bond motifs is 1. The Balaban J connectivity index is 1.60. The van der Waals surface area contributed by atoms with E-state index in [1.54, 1.807) is 54.6 Å². The van der Waals surface area contributed by atoms with E-state index in [-0.39, 0.29) is 10.7 Å². The second-order valence-electron chi connectivity index (χ2n) is 7.92. The van der Waals surface area contributed by atoms with Gasteiger partial charge in [-0.1, -0.05) is 68.9 Å². The molecule has 6 nitrogen and oxygen atoms in total. The van der Waals surface area contributed by atoms with Crippen molar-refractivity contribution in [2.75, 3.05) is 4.90 Å². The summed E-state index contributed by atoms with van der Waals surface area (Å²) in [4.78, 5) is 41.8. The first-order valence-corrected chi connectivity index (χ1v) is 12.1. The zero-order valence-corrected chi connectivity index (χ0v) is 21.1. The van der Waals surface area contributed by atoms with Gasteiger partial charge in [0.05, 0.1) is 22.7 Å². The van der Waals surface area contributed by atoms with Crippen LogP contribution in [0.4, 0.5) is 5.69 Å². The van der Waals surface area contributed by atoms with Crippen molar-refractivity contribution in [3.63, 3.8) is 0 Å². The molecule has 2 saturated heterocycles. The zero-order valence-electron chi connectivity index (χ0n) is 17.2. The second kappa shape index (κ2) is 8.98. The van der Waals surface area contributed by atoms with Crippen LogP contribution in [-0.2, 0) is 9.59 Å². The van der Waals surface area contributed by atoms with Gasteiger partial charge < -0.3 is 0 Å². The normalized spacial score (nSPS) is 21.8. The number of hydrazine groups is 1. The zero-order chi connectivity index (χ0) is 24.1. The third-order valence-corrected chi connectivity index (χ3v) is 7.19. The fraction of sp³-hybridized carbons (Fsp3) is 0.125. The van der Waals surface area contributed by atoms with Crippen molar-refractivity contribution < 1.29 is 14.4 Å². The lowest BCUT2D eigenvalue weighted by Gasteiger charge is -2.25. The summed E-state index contributed by atoms with van der Waals surface area (Å²) in [6.07, 6.45) is 0. The number of imide groups is 1. The molecular weight excluding hydrogens is 565 g/mol. The van der Waals surface area contributed by atoms with Crippen LogP contribution in [0.5, 0.6) is 0 Å². The molecule has 2 aliphatic heterocycles. The largest absolute Gasteiger partial charge is 0.274 e. The van der Waals surface area contributed by atoms with E-state index in [0.29, 0.717) is 25.6 Å². The van der Waals surface area contributed by atoms with Crippen LogP contribution in [0, 0.1) is 5.92 Å². The van der Waals surface area contributed by atoms with Gasteiger partial charge in [-0.15, -0.1) is 0 Å². The molecule has 0 bridgehead atoms. The van der Waals surface area contributed by atoms with E-state index in [9.17, 15) is 14.4 Å². The fourth-order valence-electron chi connectivity index (χ4n) is 4.38. The Kier molecular flexibility index (Phi) is 6.16. The molecule has 0 spiro atoms. The Bertz CT molecular complexity index is 1330. The molecule has 2 fully saturated rings. The van der Waals surface area contributed by atoms with Crippen LogP contribution in [0.25, 0.3) is 0 Å². The minimum atomic E-state index is -1.06. The second-order valence-corrected chi connectivity index (χ2v) is 10.1. The highest BCUT2D eigenvalue weighted by atomic mass is 79.9. The molecule has 0 unspecified atom stereocenters. The van der Waals surface area contributed by atoms with Gasteiger partial charge in [0.2, 0.25) is 5.91 Å². The number of carbonyl (C=O) groups excluding carboxylic acids is 3. The highest BCUT2D eigenvalue weighted by molar-refractivity contribution is 9.10. The Hall–Kier alpha value is -2.42. The van der Waals surface area contributed by atoms with Crippen molar-refractivity contribution in [2.24, 2.45) is 5.92 Å². The van der Waals surface area contributed by atoms with Crippen LogP contribution >= 0.6 is 50.7 Å². The molecule has 1 N–H and O–H groups in total. The minimum Gasteiger partial charge on any atom is -0.274 e. The topological polar surface area (TPSA) is 69.7 Å². The Labute approximate surface area is 218 Å². The van der Waals surface area contributed by atoms with Gasteiger partial charge in [0.15, 0.2) is 0 Å². The van der Waals surface area contributed by atoms with E-state index >= 15 is 0 Å². The van der Waals surface area contributed by atoms with Gasteiger partial charge in [0.25, 0.3) is 11.8 Å². The summed E-state index contributed by atoms with van der Waals surface area (Å²) >= 11 is 21.7. The highest BCUT2D eigenvalue weighted by Crippen LogP contribution is 2.44. The van der Waals surface area contributed by atoms with Crippen LogP contribution in [0.1, 0.15) is 22.0 Å². The Morgan fingerprint density at radius 2 is 1.59 bits per heavy atom. The molecule has 10 heteroatoms. The summed E-state index contributed by atoms with van der Waals surface area (Å²) in [6, 6.07) is 16.6. The third kappa shape index (κ3) is 3.91. The molecule has 0 saturated carbocycles. The molecule has 34 heavy (non-hydrogen) atoms. The number of nitrogens with zero attached hydrogens (tertiary/aromatic N) is 2. The highest BCUT2D eigenvalue weighted by Gasteiger charge is 2.60. The number of nitrogens with one attached hydrogen (secondary N) is 1. The molecule has 172 valence electrons. The van der Waals surface area contributed by atoms with E-state index in [2.05, 4.69) is 21.4 Å². The van der Waals surface area contributed by atoms with Crippen molar-refractivity contribution in [3.05, 3.63) is 97.4 Å². The number of halogens is 4. The monoisotopic (exact) mass is 577 g/mol. The summed E-state index contributed by atoms with van der Waals surface area (Å²) in [5, 5.41) is 2.31. The quantitative estimate of drug-likeness (QED) is 0.406. The molecule has 3 aromatic rings. The van der Waals surface area contributed by atoms with Crippen LogP contribution in [0.3, 0.4) is 0 Å². The van der Waals surface area contributed by atoms with Crippen LogP contribution in [-0.4, -0.2) is 28.8 Å². The molecule has 2 aliphatic rings. The van der Waals surface area contributed by atoms with E-state index in [1.165, 1.54) is 17.1 Å². The summed E-state index contributed by atoms with van der Waals surface area (Å²) < 4.78 is 0.715. The molecule has 2 heterocycles. The van der Waals surface area contributed by atoms with Crippen molar-refractivity contribution >= 4 is 74.1 Å². The van der Waals surface area contributed by atoms with Crippen LogP contribution < -0.4 is 10.3 Å². The van der Waals surface area contributed by atoms with Crippen molar-refractivity contribution in [1.29, 1.82) is 0 Å². The number of amides is 3. The first-order chi connectivity index (χ1) is 16.3. The number of rotatable bonds is 3. The van der Waals surface area contributed by atoms with Crippen molar-refractivity contribution in [2.45, 2.75) is 12.1 Å². The average Bonchev–Trinajstić information content (AvgIpc) is 3.31. The number of hydrogen-bond donors (Lipinski definition) is 1. The molecule has 3 atom stereocenters. The fourth-order valence-corrected chi connectivity index (χ4v) is 5.40. The minimum absolute atomic E-state index is 0.162. The number of benzene rings is 3. The van der Waals surface area contributed by atoms with Gasteiger partial charge in [-0.05, 0) is 54.1 Å². The maximum absolute atomic E-state index is 13.6. The van der Waals surface area contributed by atoms with Gasteiger partial charge in [0, 0.05) is 20.1 Å². The van der Waals surface area contributed by atoms with Gasteiger partial charge in [-0.3, -0.25) is 19.4 Å². The first kappa shape index (κ1) is 23.3. The van der Waals surface area contributed by atoms with E-state index in [1.807, 2.05) is 0 Å². The lowest BCUT2D eigenvalue weighted by atomic mass is 9.91. The van der Waals surface area contributed by atoms with Crippen molar-refractivity contribution in [3.8, 4) is 0 Å². The van der Waals surface area contributed by atoms with E-state index in [4.69, 9.17) is 34.8 Å². The van der Waals surface area contributed by atoms with Crippen LogP contribution in [0.2, 0.25) is 15.1 Å². The Morgan fingerprint density at radius 1 is 0.882 bits per heavy atom. The number of anilines is 1. The molecule has 3 amide bonds. The maximum Gasteiger partial charge on any atom is 0.268 e. The van der Waals surface area contributed by atoms with Gasteiger partial charge in [-0.2, -0.15) is 0 Å². The van der Waals surface area contributed by atoms with Crippen molar-refractivity contribution in [1.82, 2.24) is 10.4 Å².